The van der Waals surface area contributed by atoms with Gasteiger partial charge in [0.25, 0.3) is 0 Å². The lowest BCUT2D eigenvalue weighted by Crippen LogP contribution is -2.17. The van der Waals surface area contributed by atoms with Crippen molar-refractivity contribution in [1.29, 1.82) is 0 Å². The summed E-state index contributed by atoms with van der Waals surface area (Å²) in [4.78, 5) is 0. The summed E-state index contributed by atoms with van der Waals surface area (Å²) in [6.07, 6.45) is -4.53. The standard InChI is InChI=1S/C2H3F3O2S/c3-2(4,5)1-8(6)7/h1H2,(H,6,7). The van der Waals surface area contributed by atoms with Crippen molar-refractivity contribution in [2.75, 3.05) is 5.75 Å². The van der Waals surface area contributed by atoms with Gasteiger partial charge in [-0.15, -0.1) is 0 Å². The molecule has 0 aromatic carbocycles. The van der Waals surface area contributed by atoms with Gasteiger partial charge in [0, 0.05) is 0 Å². The summed E-state index contributed by atoms with van der Waals surface area (Å²) in [5, 5.41) is 0. The van der Waals surface area contributed by atoms with Crippen LogP contribution in [0.15, 0.2) is 0 Å². The molecule has 0 saturated heterocycles. The van der Waals surface area contributed by atoms with E-state index >= 15 is 0 Å². The van der Waals surface area contributed by atoms with Crippen LogP contribution >= 0.6 is 0 Å². The number of halogens is 3. The fraction of sp³-hybridized carbons (Fsp3) is 1.00. The van der Waals surface area contributed by atoms with Crippen LogP contribution in [0.1, 0.15) is 0 Å². The van der Waals surface area contributed by atoms with Crippen LogP contribution in [0.4, 0.5) is 13.2 Å². The zero-order chi connectivity index (χ0) is 6.78. The van der Waals surface area contributed by atoms with Crippen molar-refractivity contribution >= 4 is 11.1 Å². The Morgan fingerprint density at radius 2 is 1.88 bits per heavy atom. The van der Waals surface area contributed by atoms with Gasteiger partial charge in [-0.2, -0.15) is 13.2 Å². The molecule has 0 saturated carbocycles. The second-order valence-electron chi connectivity index (χ2n) is 1.08. The van der Waals surface area contributed by atoms with Gasteiger partial charge in [0.05, 0.1) is 0 Å². The number of hydrogen-bond acceptors (Lipinski definition) is 1. The van der Waals surface area contributed by atoms with Crippen LogP contribution in [0, 0.1) is 0 Å². The largest absolute Gasteiger partial charge is 0.402 e. The third kappa shape index (κ3) is 5.90. The number of rotatable bonds is 1. The molecule has 0 spiro atoms. The maximum absolute atomic E-state index is 11.0. The molecule has 0 heterocycles. The summed E-state index contributed by atoms with van der Waals surface area (Å²) < 4.78 is 49.9. The number of alkyl halides is 3. The smallest absolute Gasteiger partial charge is 0.306 e. The highest BCUT2D eigenvalue weighted by molar-refractivity contribution is 7.79. The molecule has 1 unspecified atom stereocenters. The molecule has 1 N–H and O–H groups in total. The molecule has 0 fully saturated rings. The number of hydrogen-bond donors (Lipinski definition) is 1. The van der Waals surface area contributed by atoms with E-state index in [0.717, 1.165) is 0 Å². The van der Waals surface area contributed by atoms with Crippen molar-refractivity contribution in [3.63, 3.8) is 0 Å². The molecular formula is C2H3F3O2S. The molecule has 0 radical (unpaired) electrons. The van der Waals surface area contributed by atoms with Gasteiger partial charge in [0.2, 0.25) is 0 Å². The van der Waals surface area contributed by atoms with Crippen LogP contribution < -0.4 is 0 Å². The SMILES string of the molecule is O=S(O)CC(F)(F)F. The molecule has 0 aliphatic carbocycles. The van der Waals surface area contributed by atoms with Crippen LogP contribution in [0.25, 0.3) is 0 Å². The molecule has 6 heteroatoms. The second kappa shape index (κ2) is 2.45. The van der Waals surface area contributed by atoms with Crippen molar-refractivity contribution in [2.24, 2.45) is 0 Å². The Balaban J connectivity index is 3.55. The Labute approximate surface area is 46.0 Å². The molecule has 50 valence electrons. The van der Waals surface area contributed by atoms with E-state index in [1.165, 1.54) is 0 Å². The summed E-state index contributed by atoms with van der Waals surface area (Å²) >= 11 is -2.76. The highest BCUT2D eigenvalue weighted by atomic mass is 32.2. The maximum atomic E-state index is 11.0. The predicted octanol–water partition coefficient (Wildman–Crippen LogP) is 0.770. The first-order valence-electron chi connectivity index (χ1n) is 1.56. The Kier molecular flexibility index (Phi) is 2.42. The highest BCUT2D eigenvalue weighted by Gasteiger charge is 2.29. The van der Waals surface area contributed by atoms with Crippen LogP contribution in [-0.4, -0.2) is 20.7 Å². The predicted molar refractivity (Wildman–Crippen MR) is 21.7 cm³/mol. The van der Waals surface area contributed by atoms with Crippen LogP contribution in [-0.2, 0) is 11.1 Å². The zero-order valence-corrected chi connectivity index (χ0v) is 4.42. The lowest BCUT2D eigenvalue weighted by molar-refractivity contribution is -0.106. The molecule has 0 bridgehead atoms. The summed E-state index contributed by atoms with van der Waals surface area (Å²) in [5.74, 6) is -1.65. The Morgan fingerprint density at radius 1 is 1.50 bits per heavy atom. The molecule has 0 aliphatic heterocycles. The van der Waals surface area contributed by atoms with Gasteiger partial charge in [-0.25, -0.2) is 4.21 Å². The van der Waals surface area contributed by atoms with Crippen molar-refractivity contribution in [3.8, 4) is 0 Å². The average molecular weight is 148 g/mol. The molecule has 0 aliphatic rings. The van der Waals surface area contributed by atoms with Crippen LogP contribution in [0.2, 0.25) is 0 Å². The molecule has 0 aromatic heterocycles. The lowest BCUT2D eigenvalue weighted by Gasteiger charge is -1.99. The first-order chi connectivity index (χ1) is 3.42. The molecule has 0 rings (SSSR count). The Hall–Kier alpha value is -0.100. The molecule has 8 heavy (non-hydrogen) atoms. The quantitative estimate of drug-likeness (QED) is 0.557. The van der Waals surface area contributed by atoms with Gasteiger partial charge in [0.15, 0.2) is 11.1 Å². The Bertz CT molecular complexity index is 97.9. The first kappa shape index (κ1) is 7.90. The molecular weight excluding hydrogens is 145 g/mol. The molecule has 1 atom stereocenters. The zero-order valence-electron chi connectivity index (χ0n) is 3.60. The summed E-state index contributed by atoms with van der Waals surface area (Å²) in [6, 6.07) is 0. The van der Waals surface area contributed by atoms with E-state index in [2.05, 4.69) is 0 Å². The summed E-state index contributed by atoms with van der Waals surface area (Å²) in [6.45, 7) is 0. The van der Waals surface area contributed by atoms with E-state index in [-0.39, 0.29) is 0 Å². The van der Waals surface area contributed by atoms with Gasteiger partial charge in [-0.05, 0) is 0 Å². The van der Waals surface area contributed by atoms with E-state index in [4.69, 9.17) is 4.55 Å². The highest BCUT2D eigenvalue weighted by Crippen LogP contribution is 2.14. The minimum Gasteiger partial charge on any atom is -0.306 e. The van der Waals surface area contributed by atoms with Gasteiger partial charge < -0.3 is 4.55 Å². The van der Waals surface area contributed by atoms with E-state index < -0.39 is 23.0 Å². The third-order valence-corrected chi connectivity index (χ3v) is 0.861. The minimum atomic E-state index is -4.53. The van der Waals surface area contributed by atoms with E-state index in [0.29, 0.717) is 0 Å². The van der Waals surface area contributed by atoms with Crippen LogP contribution in [0.5, 0.6) is 0 Å². The monoisotopic (exact) mass is 148 g/mol. The molecule has 0 aromatic rings. The van der Waals surface area contributed by atoms with Crippen molar-refractivity contribution in [1.82, 2.24) is 0 Å². The van der Waals surface area contributed by atoms with Crippen molar-refractivity contribution < 1.29 is 21.9 Å². The van der Waals surface area contributed by atoms with Gasteiger partial charge in [0.1, 0.15) is 5.75 Å². The van der Waals surface area contributed by atoms with Crippen molar-refractivity contribution in [2.45, 2.75) is 6.18 Å². The van der Waals surface area contributed by atoms with Gasteiger partial charge in [-0.1, -0.05) is 0 Å². The van der Waals surface area contributed by atoms with E-state index in [1.54, 1.807) is 0 Å². The lowest BCUT2D eigenvalue weighted by atomic mass is 10.8. The van der Waals surface area contributed by atoms with E-state index in [1.807, 2.05) is 0 Å². The fourth-order valence-corrected chi connectivity index (χ4v) is 0.420. The third-order valence-electron chi connectivity index (χ3n) is 0.287. The second-order valence-corrected chi connectivity index (χ2v) is 2.01. The van der Waals surface area contributed by atoms with Crippen LogP contribution in [0.3, 0.4) is 0 Å². The maximum Gasteiger partial charge on any atom is 0.402 e. The average Bonchev–Trinajstić information content (AvgIpc) is 1.21. The fourth-order valence-electron chi connectivity index (χ4n) is 0.140. The Morgan fingerprint density at radius 3 is 1.88 bits per heavy atom. The molecule has 2 nitrogen and oxygen atoms in total. The minimum absolute atomic E-state index is 1.65. The normalized spacial score (nSPS) is 16.0. The summed E-state index contributed by atoms with van der Waals surface area (Å²) in [5.41, 5.74) is 0. The van der Waals surface area contributed by atoms with Gasteiger partial charge >= 0.3 is 6.18 Å². The molecule has 0 amide bonds. The van der Waals surface area contributed by atoms with E-state index in [9.17, 15) is 17.4 Å². The van der Waals surface area contributed by atoms with Crippen molar-refractivity contribution in [3.05, 3.63) is 0 Å². The van der Waals surface area contributed by atoms with Gasteiger partial charge in [-0.3, -0.25) is 0 Å². The summed E-state index contributed by atoms with van der Waals surface area (Å²) in [7, 11) is 0. The topological polar surface area (TPSA) is 37.3 Å². The first-order valence-corrected chi connectivity index (χ1v) is 2.83.